The molecule has 2 fully saturated rings. The lowest BCUT2D eigenvalue weighted by atomic mass is 9.77. The van der Waals surface area contributed by atoms with Crippen LogP contribution in [-0.2, 0) is 12.8 Å². The van der Waals surface area contributed by atoms with Crippen LogP contribution in [0.5, 0.6) is 0 Å². The minimum Gasteiger partial charge on any atom is -0.339 e. The molecule has 0 atom stereocenters. The van der Waals surface area contributed by atoms with Gasteiger partial charge in [-0.1, -0.05) is 48.5 Å². The zero-order valence-electron chi connectivity index (χ0n) is 15.8. The molecular formula is C23H29ClN2O. The quantitative estimate of drug-likeness (QED) is 0.860. The summed E-state index contributed by atoms with van der Waals surface area (Å²) in [6.07, 6.45) is 5.42. The molecule has 4 rings (SSSR count). The third-order valence-corrected chi connectivity index (χ3v) is 6.22. The molecule has 2 aliphatic rings. The number of piperidine rings is 1. The Morgan fingerprint density at radius 1 is 0.926 bits per heavy atom. The maximum atomic E-state index is 13.1. The molecule has 2 saturated heterocycles. The summed E-state index contributed by atoms with van der Waals surface area (Å²) in [5, 5.41) is 3.50. The third-order valence-electron chi connectivity index (χ3n) is 6.22. The molecule has 2 aliphatic heterocycles. The van der Waals surface area contributed by atoms with Gasteiger partial charge in [0.2, 0.25) is 0 Å². The van der Waals surface area contributed by atoms with Gasteiger partial charge in [-0.25, -0.2) is 0 Å². The summed E-state index contributed by atoms with van der Waals surface area (Å²) in [5.74, 6) is 0.217. The number of aryl methyl sites for hydroxylation is 2. The maximum absolute atomic E-state index is 13.1. The number of nitrogens with zero attached hydrogens (tertiary/aromatic N) is 1. The van der Waals surface area contributed by atoms with Gasteiger partial charge in [-0.3, -0.25) is 4.79 Å². The molecule has 0 aliphatic carbocycles. The van der Waals surface area contributed by atoms with Crippen molar-refractivity contribution in [3.63, 3.8) is 0 Å². The second-order valence-electron chi connectivity index (χ2n) is 7.86. The Labute approximate surface area is 168 Å². The van der Waals surface area contributed by atoms with Crippen molar-refractivity contribution in [2.45, 2.75) is 32.1 Å². The summed E-state index contributed by atoms with van der Waals surface area (Å²) >= 11 is 0. The molecule has 0 aromatic heterocycles. The molecule has 2 aromatic carbocycles. The Kier molecular flexibility index (Phi) is 6.56. The molecule has 2 aromatic rings. The first kappa shape index (κ1) is 19.9. The average molecular weight is 385 g/mol. The van der Waals surface area contributed by atoms with Crippen LogP contribution in [0.2, 0.25) is 0 Å². The fourth-order valence-corrected chi connectivity index (χ4v) is 4.45. The first-order chi connectivity index (χ1) is 12.8. The molecule has 0 bridgehead atoms. The van der Waals surface area contributed by atoms with Crippen LogP contribution in [0.3, 0.4) is 0 Å². The molecule has 1 spiro atoms. The monoisotopic (exact) mass is 384 g/mol. The number of benzene rings is 2. The molecule has 144 valence electrons. The number of carbonyl (C=O) groups is 1. The smallest absolute Gasteiger partial charge is 0.254 e. The fourth-order valence-electron chi connectivity index (χ4n) is 4.45. The van der Waals surface area contributed by atoms with Crippen molar-refractivity contribution in [3.05, 3.63) is 71.3 Å². The molecule has 1 amide bonds. The van der Waals surface area contributed by atoms with Gasteiger partial charge in [-0.05, 0) is 61.3 Å². The Morgan fingerprint density at radius 2 is 1.63 bits per heavy atom. The van der Waals surface area contributed by atoms with E-state index in [1.165, 1.54) is 17.5 Å². The number of amides is 1. The second-order valence-corrected chi connectivity index (χ2v) is 7.86. The highest BCUT2D eigenvalue weighted by atomic mass is 35.5. The fraction of sp³-hybridized carbons (Fsp3) is 0.435. The van der Waals surface area contributed by atoms with Crippen LogP contribution >= 0.6 is 12.4 Å². The number of rotatable bonds is 4. The van der Waals surface area contributed by atoms with Crippen molar-refractivity contribution in [3.8, 4) is 0 Å². The van der Waals surface area contributed by atoms with Gasteiger partial charge in [0.1, 0.15) is 0 Å². The highest BCUT2D eigenvalue weighted by Crippen LogP contribution is 2.37. The van der Waals surface area contributed by atoms with Crippen LogP contribution in [0.25, 0.3) is 0 Å². The molecule has 27 heavy (non-hydrogen) atoms. The molecule has 4 heteroatoms. The van der Waals surface area contributed by atoms with Crippen molar-refractivity contribution >= 4 is 18.3 Å². The van der Waals surface area contributed by atoms with Crippen LogP contribution in [-0.4, -0.2) is 37.0 Å². The Morgan fingerprint density at radius 3 is 2.33 bits per heavy atom. The van der Waals surface area contributed by atoms with Crippen molar-refractivity contribution in [2.75, 3.05) is 26.2 Å². The molecular weight excluding hydrogens is 356 g/mol. The van der Waals surface area contributed by atoms with Gasteiger partial charge in [-0.15, -0.1) is 12.4 Å². The van der Waals surface area contributed by atoms with Gasteiger partial charge in [0.25, 0.3) is 5.91 Å². The minimum atomic E-state index is 0. The molecule has 0 unspecified atom stereocenters. The Balaban J connectivity index is 0.00000210. The molecule has 2 heterocycles. The molecule has 3 nitrogen and oxygen atoms in total. The van der Waals surface area contributed by atoms with Gasteiger partial charge < -0.3 is 10.2 Å². The van der Waals surface area contributed by atoms with Crippen LogP contribution in [0.1, 0.15) is 40.7 Å². The number of nitrogens with one attached hydrogen (secondary N) is 1. The third kappa shape index (κ3) is 4.53. The summed E-state index contributed by atoms with van der Waals surface area (Å²) in [6, 6.07) is 18.7. The summed E-state index contributed by atoms with van der Waals surface area (Å²) in [4.78, 5) is 15.2. The standard InChI is InChI=1S/C23H28N2O.ClH/c26-22(25-16-13-23(14-17-25)12-15-24-18-23)21-9-5-4-8-20(21)11-10-19-6-2-1-3-7-19;/h1-9,24H,10-18H2;1H. The van der Waals surface area contributed by atoms with Gasteiger partial charge in [0.05, 0.1) is 0 Å². The van der Waals surface area contributed by atoms with Crippen molar-refractivity contribution < 1.29 is 4.79 Å². The highest BCUT2D eigenvalue weighted by molar-refractivity contribution is 5.95. The SMILES string of the molecule is Cl.O=C(c1ccccc1CCc1ccccc1)N1CCC2(CCNC2)CC1. The van der Waals surface area contributed by atoms with E-state index in [1.807, 2.05) is 24.3 Å². The summed E-state index contributed by atoms with van der Waals surface area (Å²) in [7, 11) is 0. The number of hydrogen-bond donors (Lipinski definition) is 1. The van der Waals surface area contributed by atoms with Crippen LogP contribution in [0.4, 0.5) is 0 Å². The van der Waals surface area contributed by atoms with Gasteiger partial charge in [0, 0.05) is 25.2 Å². The number of hydrogen-bond acceptors (Lipinski definition) is 2. The minimum absolute atomic E-state index is 0. The first-order valence-electron chi connectivity index (χ1n) is 9.88. The van der Waals surface area contributed by atoms with E-state index in [-0.39, 0.29) is 18.3 Å². The molecule has 0 saturated carbocycles. The van der Waals surface area contributed by atoms with E-state index in [0.717, 1.165) is 57.4 Å². The van der Waals surface area contributed by atoms with E-state index in [1.54, 1.807) is 0 Å². The van der Waals surface area contributed by atoms with E-state index in [2.05, 4.69) is 40.5 Å². The Hall–Kier alpha value is -1.84. The van der Waals surface area contributed by atoms with E-state index in [4.69, 9.17) is 0 Å². The van der Waals surface area contributed by atoms with Gasteiger partial charge in [-0.2, -0.15) is 0 Å². The topological polar surface area (TPSA) is 32.3 Å². The zero-order chi connectivity index (χ0) is 17.8. The second kappa shape index (κ2) is 8.90. The summed E-state index contributed by atoms with van der Waals surface area (Å²) in [5.41, 5.74) is 3.83. The lowest BCUT2D eigenvalue weighted by Gasteiger charge is -2.39. The lowest BCUT2D eigenvalue weighted by Crippen LogP contribution is -2.44. The van der Waals surface area contributed by atoms with Crippen LogP contribution < -0.4 is 5.32 Å². The van der Waals surface area contributed by atoms with E-state index >= 15 is 0 Å². The summed E-state index contributed by atoms with van der Waals surface area (Å²) in [6.45, 7) is 4.06. The van der Waals surface area contributed by atoms with Crippen LogP contribution in [0, 0.1) is 5.41 Å². The predicted octanol–water partition coefficient (Wildman–Crippen LogP) is 4.11. The average Bonchev–Trinajstić information content (AvgIpc) is 3.15. The van der Waals surface area contributed by atoms with E-state index in [9.17, 15) is 4.79 Å². The Bertz CT molecular complexity index is 746. The predicted molar refractivity (Wildman–Crippen MR) is 113 cm³/mol. The zero-order valence-corrected chi connectivity index (χ0v) is 16.6. The van der Waals surface area contributed by atoms with Gasteiger partial charge >= 0.3 is 0 Å². The first-order valence-corrected chi connectivity index (χ1v) is 9.88. The summed E-state index contributed by atoms with van der Waals surface area (Å²) < 4.78 is 0. The van der Waals surface area contributed by atoms with Gasteiger partial charge in [0.15, 0.2) is 0 Å². The molecule has 0 radical (unpaired) electrons. The highest BCUT2D eigenvalue weighted by Gasteiger charge is 2.38. The number of likely N-dealkylation sites (tertiary alicyclic amines) is 1. The lowest BCUT2D eigenvalue weighted by molar-refractivity contribution is 0.0606. The molecule has 1 N–H and O–H groups in total. The van der Waals surface area contributed by atoms with Crippen LogP contribution in [0.15, 0.2) is 54.6 Å². The number of halogens is 1. The van der Waals surface area contributed by atoms with E-state index < -0.39 is 0 Å². The van der Waals surface area contributed by atoms with Crippen molar-refractivity contribution in [1.82, 2.24) is 10.2 Å². The van der Waals surface area contributed by atoms with Crippen molar-refractivity contribution in [2.24, 2.45) is 5.41 Å². The maximum Gasteiger partial charge on any atom is 0.254 e. The normalized spacial score (nSPS) is 18.3. The van der Waals surface area contributed by atoms with E-state index in [0.29, 0.717) is 5.41 Å². The number of carbonyl (C=O) groups excluding carboxylic acids is 1. The largest absolute Gasteiger partial charge is 0.339 e. The van der Waals surface area contributed by atoms with Crippen molar-refractivity contribution in [1.29, 1.82) is 0 Å².